The van der Waals surface area contributed by atoms with Gasteiger partial charge in [-0.3, -0.25) is 19.5 Å². The fourth-order valence-electron chi connectivity index (χ4n) is 5.13. The highest BCUT2D eigenvalue weighted by atomic mass is 19.1. The number of hydrogen-bond donors (Lipinski definition) is 1. The Bertz CT molecular complexity index is 1880. The maximum Gasteiger partial charge on any atom is 0.259 e. The van der Waals surface area contributed by atoms with E-state index in [4.69, 9.17) is 14.2 Å². The van der Waals surface area contributed by atoms with Gasteiger partial charge < -0.3 is 19.5 Å². The zero-order valence-corrected chi connectivity index (χ0v) is 26.0. The van der Waals surface area contributed by atoms with Gasteiger partial charge in [0.15, 0.2) is 23.1 Å². The lowest BCUT2D eigenvalue weighted by Gasteiger charge is -2.39. The predicted octanol–water partition coefficient (Wildman–Crippen LogP) is 8.02. The molecule has 2 amide bonds. The first-order chi connectivity index (χ1) is 22.0. The van der Waals surface area contributed by atoms with Crippen molar-refractivity contribution in [2.75, 3.05) is 24.4 Å². The highest BCUT2D eigenvalue weighted by Gasteiger charge is 2.40. The number of aromatic nitrogens is 1. The number of amides is 2. The molecule has 1 aromatic heterocycles. The number of anilines is 2. The topological polar surface area (TPSA) is 90.0 Å². The summed E-state index contributed by atoms with van der Waals surface area (Å²) >= 11 is 0. The van der Waals surface area contributed by atoms with Gasteiger partial charge in [0, 0.05) is 40.7 Å². The molecule has 5 rings (SSSR count). The third-order valence-electron chi connectivity index (χ3n) is 7.30. The smallest absolute Gasteiger partial charge is 0.259 e. The van der Waals surface area contributed by atoms with Crippen molar-refractivity contribution in [1.29, 1.82) is 0 Å². The summed E-state index contributed by atoms with van der Waals surface area (Å²) in [6, 6.07) is 21.9. The number of ether oxygens (including phenoxy) is 3. The molecule has 0 saturated carbocycles. The summed E-state index contributed by atoms with van der Waals surface area (Å²) < 4.78 is 45.8. The molecule has 0 bridgehead atoms. The molecule has 0 aliphatic carbocycles. The fraction of sp³-hybridized carbons (Fsp3) is 0.194. The Hall–Kier alpha value is -5.51. The zero-order chi connectivity index (χ0) is 33.0. The van der Waals surface area contributed by atoms with Gasteiger partial charge in [-0.05, 0) is 66.1 Å². The summed E-state index contributed by atoms with van der Waals surface area (Å²) in [5, 5.41) is 3.36. The molecule has 10 heteroatoms. The van der Waals surface area contributed by atoms with E-state index < -0.39 is 34.9 Å². The fourth-order valence-corrected chi connectivity index (χ4v) is 5.13. The largest absolute Gasteiger partial charge is 0.493 e. The minimum Gasteiger partial charge on any atom is -0.493 e. The van der Waals surface area contributed by atoms with Crippen LogP contribution in [-0.4, -0.2) is 37.1 Å². The van der Waals surface area contributed by atoms with Crippen LogP contribution >= 0.6 is 0 Å². The standard InChI is InChI=1S/C36H33F2N3O5/c1-36(2,3)33(41(25-9-7-6-8-10-25)35(43)22-11-13-23(37)14-12-22)34(42)40-24-15-16-30(27(38)19-24)46-29-17-18-39-28-21-32(45-5)31(44-4)20-26(28)29/h6-21,33H,1-5H3,(H,40,42). The number of benzene rings is 4. The maximum atomic E-state index is 15.5. The normalized spacial score (nSPS) is 11.9. The van der Waals surface area contributed by atoms with Gasteiger partial charge in [0.25, 0.3) is 5.91 Å². The number of halogens is 2. The SMILES string of the molecule is COc1cc2nccc(Oc3ccc(NC(=O)C(N(C(=O)c4ccc(F)cc4)c4ccccc4)C(C)(C)C)cc3F)c2cc1OC. The van der Waals surface area contributed by atoms with E-state index in [1.807, 2.05) is 20.8 Å². The number of rotatable bonds is 9. The number of hydrogen-bond acceptors (Lipinski definition) is 6. The van der Waals surface area contributed by atoms with Crippen LogP contribution in [0.2, 0.25) is 0 Å². The van der Waals surface area contributed by atoms with Crippen LogP contribution in [0.3, 0.4) is 0 Å². The van der Waals surface area contributed by atoms with Crippen molar-refractivity contribution in [2.24, 2.45) is 5.41 Å². The van der Waals surface area contributed by atoms with Crippen molar-refractivity contribution in [2.45, 2.75) is 26.8 Å². The van der Waals surface area contributed by atoms with Crippen LogP contribution < -0.4 is 24.4 Å². The number of fused-ring (bicyclic) bond motifs is 1. The molecular formula is C36H33F2N3O5. The molecule has 1 heterocycles. The lowest BCUT2D eigenvalue weighted by Crippen LogP contribution is -2.54. The van der Waals surface area contributed by atoms with E-state index in [0.29, 0.717) is 33.8 Å². The van der Waals surface area contributed by atoms with E-state index in [1.54, 1.807) is 48.5 Å². The molecule has 46 heavy (non-hydrogen) atoms. The number of carbonyl (C=O) groups is 2. The van der Waals surface area contributed by atoms with Gasteiger partial charge >= 0.3 is 0 Å². The van der Waals surface area contributed by atoms with Gasteiger partial charge in [0.2, 0.25) is 5.91 Å². The summed E-state index contributed by atoms with van der Waals surface area (Å²) in [6.45, 7) is 5.48. The van der Waals surface area contributed by atoms with Crippen molar-refractivity contribution in [3.8, 4) is 23.0 Å². The van der Waals surface area contributed by atoms with Gasteiger partial charge in [-0.2, -0.15) is 0 Å². The third-order valence-corrected chi connectivity index (χ3v) is 7.30. The highest BCUT2D eigenvalue weighted by molar-refractivity contribution is 6.12. The number of para-hydroxylation sites is 1. The quantitative estimate of drug-likeness (QED) is 0.178. The number of carbonyl (C=O) groups excluding carboxylic acids is 2. The molecule has 0 aliphatic heterocycles. The summed E-state index contributed by atoms with van der Waals surface area (Å²) in [4.78, 5) is 33.6. The molecule has 0 saturated heterocycles. The van der Waals surface area contributed by atoms with Crippen molar-refractivity contribution < 1.29 is 32.6 Å². The Morgan fingerprint density at radius 2 is 1.48 bits per heavy atom. The Labute approximate surface area is 265 Å². The molecule has 0 radical (unpaired) electrons. The lowest BCUT2D eigenvalue weighted by atomic mass is 9.84. The van der Waals surface area contributed by atoms with Gasteiger partial charge in [0.05, 0.1) is 19.7 Å². The van der Waals surface area contributed by atoms with E-state index in [2.05, 4.69) is 10.3 Å². The Morgan fingerprint density at radius 1 is 0.804 bits per heavy atom. The average Bonchev–Trinajstić information content (AvgIpc) is 3.04. The molecule has 5 aromatic rings. The van der Waals surface area contributed by atoms with Crippen LogP contribution in [-0.2, 0) is 4.79 Å². The van der Waals surface area contributed by atoms with Crippen LogP contribution in [0.25, 0.3) is 10.9 Å². The minimum atomic E-state index is -1.04. The van der Waals surface area contributed by atoms with Crippen molar-refractivity contribution in [3.05, 3.63) is 114 Å². The van der Waals surface area contributed by atoms with Gasteiger partial charge in [-0.1, -0.05) is 39.0 Å². The second-order valence-corrected chi connectivity index (χ2v) is 11.6. The molecule has 8 nitrogen and oxygen atoms in total. The maximum absolute atomic E-state index is 15.5. The van der Waals surface area contributed by atoms with Crippen LogP contribution in [0, 0.1) is 17.0 Å². The average molecular weight is 626 g/mol. The number of nitrogens with zero attached hydrogens (tertiary/aromatic N) is 2. The Balaban J connectivity index is 1.44. The second-order valence-electron chi connectivity index (χ2n) is 11.6. The Morgan fingerprint density at radius 3 is 2.11 bits per heavy atom. The second kappa shape index (κ2) is 13.2. The van der Waals surface area contributed by atoms with Crippen LogP contribution in [0.1, 0.15) is 31.1 Å². The predicted molar refractivity (Wildman–Crippen MR) is 173 cm³/mol. The molecule has 1 unspecified atom stereocenters. The highest BCUT2D eigenvalue weighted by Crippen LogP contribution is 2.38. The first kappa shape index (κ1) is 31.9. The van der Waals surface area contributed by atoms with E-state index in [9.17, 15) is 14.0 Å². The van der Waals surface area contributed by atoms with Crippen LogP contribution in [0.5, 0.6) is 23.0 Å². The van der Waals surface area contributed by atoms with Crippen LogP contribution in [0.4, 0.5) is 20.2 Å². The monoisotopic (exact) mass is 625 g/mol. The van der Waals surface area contributed by atoms with Gasteiger partial charge in [0.1, 0.15) is 17.6 Å². The number of nitrogens with one attached hydrogen (secondary N) is 1. The zero-order valence-electron chi connectivity index (χ0n) is 26.0. The summed E-state index contributed by atoms with van der Waals surface area (Å²) in [6.07, 6.45) is 1.54. The van der Waals surface area contributed by atoms with E-state index in [0.717, 1.165) is 6.07 Å². The molecule has 236 valence electrons. The molecular weight excluding hydrogens is 592 g/mol. The van der Waals surface area contributed by atoms with Gasteiger partial charge in [-0.15, -0.1) is 0 Å². The summed E-state index contributed by atoms with van der Waals surface area (Å²) in [5.41, 5.74) is 0.631. The molecule has 1 atom stereocenters. The number of methoxy groups -OCH3 is 2. The first-order valence-electron chi connectivity index (χ1n) is 14.4. The molecule has 0 fully saturated rings. The van der Waals surface area contributed by atoms with Crippen molar-refractivity contribution in [1.82, 2.24) is 4.98 Å². The first-order valence-corrected chi connectivity index (χ1v) is 14.4. The van der Waals surface area contributed by atoms with E-state index in [1.165, 1.54) is 61.7 Å². The van der Waals surface area contributed by atoms with E-state index >= 15 is 4.39 Å². The molecule has 0 spiro atoms. The molecule has 4 aromatic carbocycles. The Kier molecular flexibility index (Phi) is 9.18. The summed E-state index contributed by atoms with van der Waals surface area (Å²) in [5.74, 6) is -1.03. The molecule has 1 N–H and O–H groups in total. The van der Waals surface area contributed by atoms with Crippen LogP contribution in [0.15, 0.2) is 97.2 Å². The lowest BCUT2D eigenvalue weighted by molar-refractivity contribution is -0.119. The minimum absolute atomic E-state index is 0.0787. The van der Waals surface area contributed by atoms with Crippen molar-refractivity contribution in [3.63, 3.8) is 0 Å². The van der Waals surface area contributed by atoms with Gasteiger partial charge in [-0.25, -0.2) is 8.78 Å². The molecule has 0 aliphatic rings. The van der Waals surface area contributed by atoms with E-state index in [-0.39, 0.29) is 17.0 Å². The number of pyridine rings is 1. The third kappa shape index (κ3) is 6.76. The summed E-state index contributed by atoms with van der Waals surface area (Å²) in [7, 11) is 3.03. The van der Waals surface area contributed by atoms with Crippen molar-refractivity contribution >= 4 is 34.1 Å².